The van der Waals surface area contributed by atoms with Crippen molar-refractivity contribution >= 4 is 36.1 Å². The molecule has 1 atom stereocenters. The van der Waals surface area contributed by atoms with Crippen LogP contribution in [-0.2, 0) is 14.4 Å². The largest absolute Gasteiger partial charge is 0.425 e. The van der Waals surface area contributed by atoms with Gasteiger partial charge in [-0.05, 0) is 36.4 Å². The predicted octanol–water partition coefficient (Wildman–Crippen LogP) is 1.37. The Kier molecular flexibility index (Phi) is 6.74. The van der Waals surface area contributed by atoms with Gasteiger partial charge in [0.25, 0.3) is 0 Å². The van der Waals surface area contributed by atoms with Crippen molar-refractivity contribution in [3.63, 3.8) is 0 Å². The lowest BCUT2D eigenvalue weighted by molar-refractivity contribution is -0.139. The zero-order valence-electron chi connectivity index (χ0n) is 11.9. The van der Waals surface area contributed by atoms with E-state index >= 15 is 0 Å². The van der Waals surface area contributed by atoms with Crippen LogP contribution in [0.5, 0.6) is 5.75 Å². The van der Waals surface area contributed by atoms with E-state index < -0.39 is 12.0 Å². The van der Waals surface area contributed by atoms with Gasteiger partial charge in [0.15, 0.2) is 0 Å². The number of rotatable bonds is 6. The molecule has 0 fully saturated rings. The molecular formula is C14H18N2O4S. The molecule has 0 saturated carbocycles. The minimum absolute atomic E-state index is 0.181. The molecular weight excluding hydrogens is 292 g/mol. The van der Waals surface area contributed by atoms with Crippen LogP contribution < -0.4 is 15.4 Å². The molecule has 0 spiro atoms. The molecule has 0 aliphatic rings. The number of nitrogens with one attached hydrogen (secondary N) is 2. The summed E-state index contributed by atoms with van der Waals surface area (Å²) in [6.45, 7) is 2.74. The Balaban J connectivity index is 2.67. The van der Waals surface area contributed by atoms with Crippen molar-refractivity contribution in [1.29, 1.82) is 0 Å². The maximum Gasteiger partial charge on any atom is 0.334 e. The average molecular weight is 310 g/mol. The lowest BCUT2D eigenvalue weighted by Crippen LogP contribution is -2.42. The highest BCUT2D eigenvalue weighted by atomic mass is 32.1. The van der Waals surface area contributed by atoms with Crippen LogP contribution in [0.4, 0.5) is 5.69 Å². The predicted molar refractivity (Wildman–Crippen MR) is 82.5 cm³/mol. The molecule has 0 aliphatic heterocycles. The average Bonchev–Trinajstić information content (AvgIpc) is 2.39. The first-order chi connectivity index (χ1) is 9.92. The van der Waals surface area contributed by atoms with Crippen LogP contribution in [0.1, 0.15) is 20.3 Å². The summed E-state index contributed by atoms with van der Waals surface area (Å²) in [5.41, 5.74) is 0.607. The van der Waals surface area contributed by atoms with Gasteiger partial charge in [0.1, 0.15) is 11.8 Å². The lowest BCUT2D eigenvalue weighted by atomic mass is 10.2. The Morgan fingerprint density at radius 2 is 1.76 bits per heavy atom. The van der Waals surface area contributed by atoms with Crippen molar-refractivity contribution < 1.29 is 19.1 Å². The summed E-state index contributed by atoms with van der Waals surface area (Å²) in [5.74, 6) is -0.254. The molecule has 21 heavy (non-hydrogen) atoms. The van der Waals surface area contributed by atoms with E-state index in [2.05, 4.69) is 23.3 Å². The molecule has 1 rings (SSSR count). The molecule has 1 aromatic rings. The third kappa shape index (κ3) is 6.31. The maximum atomic E-state index is 12.0. The molecule has 0 bridgehead atoms. The van der Waals surface area contributed by atoms with Crippen LogP contribution in [0, 0.1) is 0 Å². The molecule has 7 heteroatoms. The minimum Gasteiger partial charge on any atom is -0.425 e. The van der Waals surface area contributed by atoms with Crippen molar-refractivity contribution in [2.45, 2.75) is 26.3 Å². The first kappa shape index (κ1) is 17.0. The minimum atomic E-state index is -0.727. The van der Waals surface area contributed by atoms with Crippen LogP contribution >= 0.6 is 12.6 Å². The summed E-state index contributed by atoms with van der Waals surface area (Å²) < 4.78 is 5.19. The van der Waals surface area contributed by atoms with Gasteiger partial charge in [0.2, 0.25) is 11.8 Å². The first-order valence-corrected chi connectivity index (χ1v) is 7.03. The second-order valence-corrected chi connectivity index (χ2v) is 4.84. The van der Waals surface area contributed by atoms with Gasteiger partial charge in [-0.15, -0.1) is 0 Å². The van der Waals surface area contributed by atoms with Crippen molar-refractivity contribution in [2.24, 2.45) is 0 Å². The van der Waals surface area contributed by atoms with Gasteiger partial charge < -0.3 is 15.4 Å². The second-order valence-electron chi connectivity index (χ2n) is 4.39. The fourth-order valence-corrected chi connectivity index (χ4v) is 1.88. The quantitative estimate of drug-likeness (QED) is 0.421. The van der Waals surface area contributed by atoms with Crippen molar-refractivity contribution in [1.82, 2.24) is 5.32 Å². The molecule has 0 radical (unpaired) electrons. The molecule has 0 unspecified atom stereocenters. The van der Waals surface area contributed by atoms with Crippen molar-refractivity contribution in [3.05, 3.63) is 24.3 Å². The second kappa shape index (κ2) is 8.31. The molecule has 2 amide bonds. The van der Waals surface area contributed by atoms with Crippen LogP contribution in [0.15, 0.2) is 24.3 Å². The number of hydrogen-bond acceptors (Lipinski definition) is 5. The van der Waals surface area contributed by atoms with Crippen LogP contribution in [0.3, 0.4) is 0 Å². The van der Waals surface area contributed by atoms with Crippen LogP contribution in [0.25, 0.3) is 0 Å². The Labute approximate surface area is 128 Å². The Morgan fingerprint density at radius 3 is 2.24 bits per heavy atom. The van der Waals surface area contributed by atoms with Gasteiger partial charge in [-0.3, -0.25) is 9.59 Å². The summed E-state index contributed by atoms with van der Waals surface area (Å²) in [6, 6.07) is 5.64. The SMILES string of the molecule is CC(=O)Nc1ccc(OC(=O)[C@H](CCS)NC(C)=O)cc1. The standard InChI is InChI=1S/C14H18N2O4S/c1-9(17)15-11-3-5-12(6-4-11)20-14(19)13(7-8-21)16-10(2)18/h3-6,13,21H,7-8H2,1-2H3,(H,15,17)(H,16,18)/t13-/m0/s1. The van der Waals surface area contributed by atoms with E-state index in [4.69, 9.17) is 4.74 Å². The lowest BCUT2D eigenvalue weighted by Gasteiger charge is -2.15. The summed E-state index contributed by atoms with van der Waals surface area (Å²) >= 11 is 4.05. The van der Waals surface area contributed by atoms with Gasteiger partial charge in [-0.25, -0.2) is 4.79 Å². The van der Waals surface area contributed by atoms with E-state index in [1.54, 1.807) is 24.3 Å². The van der Waals surface area contributed by atoms with E-state index in [1.165, 1.54) is 13.8 Å². The summed E-state index contributed by atoms with van der Waals surface area (Å²) in [6.07, 6.45) is 0.380. The van der Waals surface area contributed by atoms with Crippen molar-refractivity contribution in [3.8, 4) is 5.75 Å². The summed E-state index contributed by atoms with van der Waals surface area (Å²) in [5, 5.41) is 5.13. The molecule has 1 aromatic carbocycles. The third-order valence-corrected chi connectivity index (χ3v) is 2.73. The number of carbonyl (C=O) groups excluding carboxylic acids is 3. The van der Waals surface area contributed by atoms with Gasteiger partial charge in [-0.1, -0.05) is 0 Å². The third-order valence-electron chi connectivity index (χ3n) is 2.47. The number of carbonyl (C=O) groups is 3. The summed E-state index contributed by atoms with van der Waals surface area (Å²) in [4.78, 5) is 33.9. The highest BCUT2D eigenvalue weighted by Crippen LogP contribution is 2.16. The molecule has 0 saturated heterocycles. The molecule has 0 aliphatic carbocycles. The topological polar surface area (TPSA) is 84.5 Å². The number of thiol groups is 1. The number of amides is 2. The monoisotopic (exact) mass is 310 g/mol. The molecule has 0 aromatic heterocycles. The first-order valence-electron chi connectivity index (χ1n) is 6.39. The van der Waals surface area contributed by atoms with Gasteiger partial charge in [0, 0.05) is 19.5 Å². The van der Waals surface area contributed by atoms with Crippen molar-refractivity contribution in [2.75, 3.05) is 11.1 Å². The van der Waals surface area contributed by atoms with E-state index in [1.807, 2.05) is 0 Å². The molecule has 6 nitrogen and oxygen atoms in total. The Morgan fingerprint density at radius 1 is 1.14 bits per heavy atom. The smallest absolute Gasteiger partial charge is 0.334 e. The van der Waals surface area contributed by atoms with Gasteiger partial charge in [0.05, 0.1) is 0 Å². The number of anilines is 1. The maximum absolute atomic E-state index is 12.0. The fraction of sp³-hybridized carbons (Fsp3) is 0.357. The highest BCUT2D eigenvalue weighted by molar-refractivity contribution is 7.80. The fourth-order valence-electron chi connectivity index (χ4n) is 1.62. The normalized spacial score (nSPS) is 11.4. The van der Waals surface area contributed by atoms with Gasteiger partial charge >= 0.3 is 5.97 Å². The number of benzene rings is 1. The number of ether oxygens (including phenoxy) is 1. The number of esters is 1. The van der Waals surface area contributed by atoms with E-state index in [0.717, 1.165) is 0 Å². The summed E-state index contributed by atoms with van der Waals surface area (Å²) in [7, 11) is 0. The van der Waals surface area contributed by atoms with Gasteiger partial charge in [-0.2, -0.15) is 12.6 Å². The molecule has 114 valence electrons. The van der Waals surface area contributed by atoms with E-state index in [9.17, 15) is 14.4 Å². The number of hydrogen-bond donors (Lipinski definition) is 3. The zero-order valence-corrected chi connectivity index (χ0v) is 12.8. The van der Waals surface area contributed by atoms with Crippen LogP contribution in [-0.4, -0.2) is 29.6 Å². The van der Waals surface area contributed by atoms with Crippen LogP contribution in [0.2, 0.25) is 0 Å². The Bertz CT molecular complexity index is 516. The molecule has 2 N–H and O–H groups in total. The van der Waals surface area contributed by atoms with E-state index in [0.29, 0.717) is 23.6 Å². The van der Waals surface area contributed by atoms with E-state index in [-0.39, 0.29) is 11.8 Å². The zero-order chi connectivity index (χ0) is 15.8. The molecule has 0 heterocycles. The highest BCUT2D eigenvalue weighted by Gasteiger charge is 2.20. The Hall–Kier alpha value is -2.02.